The van der Waals surface area contributed by atoms with E-state index in [2.05, 4.69) is 42.6 Å². The van der Waals surface area contributed by atoms with Crippen molar-refractivity contribution in [1.29, 1.82) is 0 Å². The van der Waals surface area contributed by atoms with Crippen molar-refractivity contribution in [3.05, 3.63) is 54.6 Å². The van der Waals surface area contributed by atoms with Crippen LogP contribution in [0.15, 0.2) is 54.6 Å². The maximum Gasteiger partial charge on any atom is 0.127 e. The molecular formula is C17H21NO. The molecule has 0 spiro atoms. The lowest BCUT2D eigenvalue weighted by Gasteiger charge is -2.12. The summed E-state index contributed by atoms with van der Waals surface area (Å²) in [5, 5.41) is 3.34. The molecule has 0 unspecified atom stereocenters. The van der Waals surface area contributed by atoms with Crippen LogP contribution in [-0.4, -0.2) is 19.7 Å². The Morgan fingerprint density at radius 3 is 2.42 bits per heavy atom. The molecule has 2 rings (SSSR count). The molecule has 2 nitrogen and oxygen atoms in total. The highest BCUT2D eigenvalue weighted by molar-refractivity contribution is 5.70. The zero-order chi connectivity index (χ0) is 13.3. The first-order valence-corrected chi connectivity index (χ1v) is 6.90. The Bertz CT molecular complexity index is 482. The van der Waals surface area contributed by atoms with Gasteiger partial charge in [-0.3, -0.25) is 0 Å². The lowest BCUT2D eigenvalue weighted by atomic mass is 10.1. The van der Waals surface area contributed by atoms with E-state index in [1.54, 1.807) is 0 Å². The highest BCUT2D eigenvalue weighted by Gasteiger charge is 2.04. The van der Waals surface area contributed by atoms with Crippen LogP contribution in [0.5, 0.6) is 5.75 Å². The van der Waals surface area contributed by atoms with Crippen molar-refractivity contribution in [2.75, 3.05) is 19.7 Å². The molecule has 2 heteroatoms. The third kappa shape index (κ3) is 4.11. The molecule has 0 aromatic heterocycles. The molecule has 19 heavy (non-hydrogen) atoms. The summed E-state index contributed by atoms with van der Waals surface area (Å²) in [6, 6.07) is 18.5. The van der Waals surface area contributed by atoms with Crippen LogP contribution < -0.4 is 10.1 Å². The Kier molecular flexibility index (Phi) is 5.45. The number of ether oxygens (including phenoxy) is 1. The summed E-state index contributed by atoms with van der Waals surface area (Å²) in [6.45, 7) is 4.79. The zero-order valence-corrected chi connectivity index (χ0v) is 11.4. The highest BCUT2D eigenvalue weighted by Crippen LogP contribution is 2.29. The number of hydrogen-bond acceptors (Lipinski definition) is 2. The van der Waals surface area contributed by atoms with Gasteiger partial charge < -0.3 is 10.1 Å². The van der Waals surface area contributed by atoms with E-state index < -0.39 is 0 Å². The Morgan fingerprint density at radius 1 is 0.895 bits per heavy atom. The van der Waals surface area contributed by atoms with E-state index >= 15 is 0 Å². The third-order valence-electron chi connectivity index (χ3n) is 2.94. The van der Waals surface area contributed by atoms with Crippen molar-refractivity contribution < 1.29 is 4.74 Å². The SMILES string of the molecule is CCCNCCOc1ccccc1-c1ccccc1. The number of benzene rings is 2. The van der Waals surface area contributed by atoms with Crippen LogP contribution in [0, 0.1) is 0 Å². The predicted octanol–water partition coefficient (Wildman–Crippen LogP) is 3.73. The average Bonchev–Trinajstić information content (AvgIpc) is 2.48. The van der Waals surface area contributed by atoms with Gasteiger partial charge in [0, 0.05) is 12.1 Å². The van der Waals surface area contributed by atoms with E-state index in [-0.39, 0.29) is 0 Å². The molecular weight excluding hydrogens is 234 g/mol. The summed E-state index contributed by atoms with van der Waals surface area (Å²) in [5.41, 5.74) is 2.35. The molecule has 0 fully saturated rings. The smallest absolute Gasteiger partial charge is 0.127 e. The molecule has 0 atom stereocenters. The van der Waals surface area contributed by atoms with Crippen molar-refractivity contribution in [1.82, 2.24) is 5.32 Å². The summed E-state index contributed by atoms with van der Waals surface area (Å²) in [6.07, 6.45) is 1.15. The van der Waals surface area contributed by atoms with E-state index in [0.717, 1.165) is 30.8 Å². The van der Waals surface area contributed by atoms with Gasteiger partial charge in [-0.15, -0.1) is 0 Å². The van der Waals surface area contributed by atoms with Gasteiger partial charge in [-0.25, -0.2) is 0 Å². The Labute approximate surface area is 115 Å². The normalized spacial score (nSPS) is 10.4. The number of rotatable bonds is 7. The Morgan fingerprint density at radius 2 is 1.63 bits per heavy atom. The average molecular weight is 255 g/mol. The fourth-order valence-electron chi connectivity index (χ4n) is 1.98. The second kappa shape index (κ2) is 7.59. The van der Waals surface area contributed by atoms with E-state index in [4.69, 9.17) is 4.74 Å². The molecule has 0 saturated carbocycles. The van der Waals surface area contributed by atoms with E-state index in [1.165, 1.54) is 5.56 Å². The fourth-order valence-corrected chi connectivity index (χ4v) is 1.98. The minimum Gasteiger partial charge on any atom is -0.492 e. The first-order valence-electron chi connectivity index (χ1n) is 6.90. The summed E-state index contributed by atoms with van der Waals surface area (Å²) < 4.78 is 5.88. The largest absolute Gasteiger partial charge is 0.492 e. The van der Waals surface area contributed by atoms with Crippen LogP contribution in [0.4, 0.5) is 0 Å². The van der Waals surface area contributed by atoms with Crippen molar-refractivity contribution in [2.45, 2.75) is 13.3 Å². The molecule has 0 aliphatic rings. The van der Waals surface area contributed by atoms with Crippen molar-refractivity contribution in [3.8, 4) is 16.9 Å². The molecule has 0 heterocycles. The van der Waals surface area contributed by atoms with Gasteiger partial charge in [0.25, 0.3) is 0 Å². The molecule has 2 aromatic rings. The minimum absolute atomic E-state index is 0.698. The predicted molar refractivity (Wildman–Crippen MR) is 80.5 cm³/mol. The number of hydrogen-bond donors (Lipinski definition) is 1. The van der Waals surface area contributed by atoms with Crippen LogP contribution in [0.1, 0.15) is 13.3 Å². The van der Waals surface area contributed by atoms with E-state index in [9.17, 15) is 0 Å². The second-order valence-electron chi connectivity index (χ2n) is 4.46. The number of para-hydroxylation sites is 1. The van der Waals surface area contributed by atoms with Gasteiger partial charge in [-0.2, -0.15) is 0 Å². The van der Waals surface area contributed by atoms with Crippen LogP contribution in [0.25, 0.3) is 11.1 Å². The lowest BCUT2D eigenvalue weighted by molar-refractivity contribution is 0.315. The summed E-state index contributed by atoms with van der Waals surface area (Å²) >= 11 is 0. The van der Waals surface area contributed by atoms with Gasteiger partial charge in [-0.1, -0.05) is 55.5 Å². The van der Waals surface area contributed by atoms with Crippen LogP contribution in [0.2, 0.25) is 0 Å². The number of nitrogens with one attached hydrogen (secondary N) is 1. The first-order chi connectivity index (χ1) is 9.42. The molecule has 0 amide bonds. The van der Waals surface area contributed by atoms with E-state index in [1.807, 2.05) is 24.3 Å². The van der Waals surface area contributed by atoms with E-state index in [0.29, 0.717) is 6.61 Å². The molecule has 0 bridgehead atoms. The van der Waals surface area contributed by atoms with Crippen LogP contribution in [0.3, 0.4) is 0 Å². The molecule has 0 aliphatic heterocycles. The standard InChI is InChI=1S/C17H21NO/c1-2-12-18-13-14-19-17-11-7-6-10-16(17)15-8-4-3-5-9-15/h3-11,18H,2,12-14H2,1H3. The van der Waals surface area contributed by atoms with Gasteiger partial charge in [0.1, 0.15) is 12.4 Å². The van der Waals surface area contributed by atoms with Crippen LogP contribution in [-0.2, 0) is 0 Å². The highest BCUT2D eigenvalue weighted by atomic mass is 16.5. The molecule has 0 saturated heterocycles. The topological polar surface area (TPSA) is 21.3 Å². The molecule has 1 N–H and O–H groups in total. The van der Waals surface area contributed by atoms with Crippen molar-refractivity contribution in [3.63, 3.8) is 0 Å². The summed E-state index contributed by atoms with van der Waals surface area (Å²) in [5.74, 6) is 0.951. The monoisotopic (exact) mass is 255 g/mol. The molecule has 2 aromatic carbocycles. The zero-order valence-electron chi connectivity index (χ0n) is 11.4. The van der Waals surface area contributed by atoms with Gasteiger partial charge in [-0.05, 0) is 24.6 Å². The summed E-state index contributed by atoms with van der Waals surface area (Å²) in [4.78, 5) is 0. The van der Waals surface area contributed by atoms with Crippen molar-refractivity contribution >= 4 is 0 Å². The van der Waals surface area contributed by atoms with Crippen LogP contribution >= 0.6 is 0 Å². The Balaban J connectivity index is 2.01. The maximum absolute atomic E-state index is 5.88. The maximum atomic E-state index is 5.88. The van der Waals surface area contributed by atoms with Gasteiger partial charge >= 0.3 is 0 Å². The molecule has 0 radical (unpaired) electrons. The second-order valence-corrected chi connectivity index (χ2v) is 4.46. The van der Waals surface area contributed by atoms with Gasteiger partial charge in [0.15, 0.2) is 0 Å². The Hall–Kier alpha value is -1.80. The fraction of sp³-hybridized carbons (Fsp3) is 0.294. The van der Waals surface area contributed by atoms with Gasteiger partial charge in [0.2, 0.25) is 0 Å². The minimum atomic E-state index is 0.698. The first kappa shape index (κ1) is 13.6. The van der Waals surface area contributed by atoms with Gasteiger partial charge in [0.05, 0.1) is 0 Å². The summed E-state index contributed by atoms with van der Waals surface area (Å²) in [7, 11) is 0. The third-order valence-corrected chi connectivity index (χ3v) is 2.94. The molecule has 0 aliphatic carbocycles. The lowest BCUT2D eigenvalue weighted by Crippen LogP contribution is -2.21. The molecule has 100 valence electrons. The van der Waals surface area contributed by atoms with Crippen molar-refractivity contribution in [2.24, 2.45) is 0 Å². The quantitative estimate of drug-likeness (QED) is 0.761.